The first-order valence-electron chi connectivity index (χ1n) is 12.0. The summed E-state index contributed by atoms with van der Waals surface area (Å²) in [5.41, 5.74) is 1.90. The van der Waals surface area contributed by atoms with E-state index in [-0.39, 0.29) is 11.5 Å². The summed E-state index contributed by atoms with van der Waals surface area (Å²) in [5, 5.41) is 3.47. The molecule has 0 aliphatic heterocycles. The molecule has 0 saturated carbocycles. The van der Waals surface area contributed by atoms with E-state index in [2.05, 4.69) is 5.32 Å². The number of hydrogen-bond acceptors (Lipinski definition) is 8. The number of hydrogen-bond donors (Lipinski definition) is 1. The van der Waals surface area contributed by atoms with Crippen molar-refractivity contribution in [3.05, 3.63) is 70.1 Å². The molecule has 1 aromatic heterocycles. The third-order valence-electron chi connectivity index (χ3n) is 5.50. The average molecular weight is 531 g/mol. The highest BCUT2D eigenvalue weighted by atomic mass is 32.2. The average Bonchev–Trinajstić information content (AvgIpc) is 2.80. The van der Waals surface area contributed by atoms with E-state index in [1.165, 1.54) is 18.2 Å². The van der Waals surface area contributed by atoms with Crippen LogP contribution in [0.5, 0.6) is 0 Å². The summed E-state index contributed by atoms with van der Waals surface area (Å²) in [6.45, 7) is 8.12. The number of rotatable bonds is 10. The summed E-state index contributed by atoms with van der Waals surface area (Å²) in [6.07, 6.45) is 0.392. The van der Waals surface area contributed by atoms with Crippen LogP contribution in [0.2, 0.25) is 0 Å². The zero-order valence-electron chi connectivity index (χ0n) is 21.9. The maximum atomic E-state index is 12.3. The predicted molar refractivity (Wildman–Crippen MR) is 143 cm³/mol. The maximum absolute atomic E-state index is 12.3. The fourth-order valence-corrected chi connectivity index (χ4v) is 4.59. The Hall–Kier alpha value is -3.37. The molecule has 3 aromatic rings. The highest BCUT2D eigenvalue weighted by molar-refractivity contribution is 7.86. The Labute approximate surface area is 217 Å². The molecule has 1 heterocycles. The van der Waals surface area contributed by atoms with Gasteiger partial charge in [0.2, 0.25) is 0 Å². The summed E-state index contributed by atoms with van der Waals surface area (Å²) in [7, 11) is -1.94. The predicted octanol–water partition coefficient (Wildman–Crippen LogP) is 4.40. The zero-order chi connectivity index (χ0) is 27.2. The zero-order valence-corrected chi connectivity index (χ0v) is 22.7. The Morgan fingerprint density at radius 2 is 1.78 bits per heavy atom. The lowest BCUT2D eigenvalue weighted by molar-refractivity contribution is 0.0528. The number of alkyl carbamates (subject to hydrolysis) is 1. The number of carbonyl (C=O) groups excluding carboxylic acids is 1. The maximum Gasteiger partial charge on any atom is 0.407 e. The van der Waals surface area contributed by atoms with Crippen molar-refractivity contribution < 1.29 is 26.5 Å². The van der Waals surface area contributed by atoms with Crippen LogP contribution in [0.4, 0.5) is 10.5 Å². The summed E-state index contributed by atoms with van der Waals surface area (Å²) < 4.78 is 40.5. The van der Waals surface area contributed by atoms with E-state index in [4.69, 9.17) is 13.3 Å². The first-order valence-corrected chi connectivity index (χ1v) is 13.5. The van der Waals surface area contributed by atoms with Gasteiger partial charge in [-0.2, -0.15) is 8.42 Å². The van der Waals surface area contributed by atoms with Crippen molar-refractivity contribution in [3.8, 4) is 0 Å². The summed E-state index contributed by atoms with van der Waals surface area (Å²) in [4.78, 5) is 26.1. The lowest BCUT2D eigenvalue weighted by atomic mass is 10.1. The van der Waals surface area contributed by atoms with Crippen molar-refractivity contribution in [2.45, 2.75) is 51.0 Å². The number of amides is 1. The van der Waals surface area contributed by atoms with E-state index in [1.807, 2.05) is 31.0 Å². The Bertz CT molecular complexity index is 1390. The van der Waals surface area contributed by atoms with E-state index in [0.29, 0.717) is 31.5 Å². The SMILES string of the molecule is Cc1ccc(S(=O)(=O)OCCCN(C)c2ccc3c(CCNC(=O)OC(C)(C)C)cc(=O)oc3c2)cc1. The molecule has 0 fully saturated rings. The number of ether oxygens (including phenoxy) is 1. The van der Waals surface area contributed by atoms with Gasteiger partial charge in [-0.3, -0.25) is 4.18 Å². The van der Waals surface area contributed by atoms with Gasteiger partial charge in [-0.1, -0.05) is 17.7 Å². The molecule has 9 nitrogen and oxygen atoms in total. The molecule has 0 atom stereocenters. The number of anilines is 1. The molecule has 0 spiro atoms. The van der Waals surface area contributed by atoms with Crippen LogP contribution in [0.25, 0.3) is 11.0 Å². The van der Waals surface area contributed by atoms with Crippen LogP contribution in [-0.4, -0.2) is 46.9 Å². The van der Waals surface area contributed by atoms with Crippen LogP contribution in [0.15, 0.2) is 62.6 Å². The van der Waals surface area contributed by atoms with Crippen LogP contribution in [0.3, 0.4) is 0 Å². The molecule has 0 bridgehead atoms. The normalized spacial score (nSPS) is 11.9. The number of benzene rings is 2. The van der Waals surface area contributed by atoms with Crippen molar-refractivity contribution in [2.24, 2.45) is 0 Å². The molecule has 0 saturated heterocycles. The number of carbonyl (C=O) groups is 1. The largest absolute Gasteiger partial charge is 0.444 e. The number of fused-ring (bicyclic) bond motifs is 1. The Balaban J connectivity index is 1.58. The Morgan fingerprint density at radius 3 is 2.46 bits per heavy atom. The molecule has 1 amide bonds. The highest BCUT2D eigenvalue weighted by Gasteiger charge is 2.17. The standard InChI is InChI=1S/C27H34N2O7S/c1-19-7-10-22(11-8-19)37(32,33)34-16-6-15-29(5)21-9-12-23-20(17-25(30)35-24(23)18-21)13-14-28-26(31)36-27(2,3)4/h7-12,17-18H,6,13-16H2,1-5H3,(H,28,31). The Kier molecular flexibility index (Phi) is 8.98. The summed E-state index contributed by atoms with van der Waals surface area (Å²) >= 11 is 0. The van der Waals surface area contributed by atoms with Crippen LogP contribution in [-0.2, 0) is 25.5 Å². The van der Waals surface area contributed by atoms with Crippen molar-refractivity contribution in [1.29, 1.82) is 0 Å². The minimum Gasteiger partial charge on any atom is -0.444 e. The minimum absolute atomic E-state index is 0.0397. The molecule has 0 unspecified atom stereocenters. The Morgan fingerprint density at radius 1 is 1.08 bits per heavy atom. The topological polar surface area (TPSA) is 115 Å². The van der Waals surface area contributed by atoms with E-state index in [0.717, 1.165) is 22.2 Å². The molecular formula is C27H34N2O7S. The van der Waals surface area contributed by atoms with Gasteiger partial charge in [-0.15, -0.1) is 0 Å². The first kappa shape index (κ1) is 28.2. The van der Waals surface area contributed by atoms with Crippen LogP contribution >= 0.6 is 0 Å². The fourth-order valence-electron chi connectivity index (χ4n) is 3.65. The van der Waals surface area contributed by atoms with Crippen molar-refractivity contribution in [2.75, 3.05) is 31.6 Å². The second kappa shape index (κ2) is 11.8. The van der Waals surface area contributed by atoms with Crippen LogP contribution in [0, 0.1) is 6.92 Å². The lowest BCUT2D eigenvalue weighted by Crippen LogP contribution is -2.33. The van der Waals surface area contributed by atoms with E-state index < -0.39 is 27.4 Å². The third kappa shape index (κ3) is 8.33. The molecule has 1 N–H and O–H groups in total. The third-order valence-corrected chi connectivity index (χ3v) is 6.83. The van der Waals surface area contributed by atoms with Gasteiger partial charge in [0.1, 0.15) is 11.2 Å². The van der Waals surface area contributed by atoms with Gasteiger partial charge in [-0.05, 0) is 70.4 Å². The summed E-state index contributed by atoms with van der Waals surface area (Å²) in [5.74, 6) is 0. The minimum atomic E-state index is -3.80. The lowest BCUT2D eigenvalue weighted by Gasteiger charge is -2.20. The molecule has 37 heavy (non-hydrogen) atoms. The highest BCUT2D eigenvalue weighted by Crippen LogP contribution is 2.24. The van der Waals surface area contributed by atoms with Crippen molar-refractivity contribution in [3.63, 3.8) is 0 Å². The smallest absolute Gasteiger partial charge is 0.407 e. The molecular weight excluding hydrogens is 496 g/mol. The first-order chi connectivity index (χ1) is 17.3. The van der Waals surface area contributed by atoms with Gasteiger partial charge in [0.25, 0.3) is 10.1 Å². The van der Waals surface area contributed by atoms with Crippen molar-refractivity contribution >= 4 is 32.9 Å². The van der Waals surface area contributed by atoms with Gasteiger partial charge in [-0.25, -0.2) is 9.59 Å². The second-order valence-electron chi connectivity index (χ2n) is 9.81. The van der Waals surface area contributed by atoms with Crippen LogP contribution < -0.4 is 15.8 Å². The van der Waals surface area contributed by atoms with Gasteiger partial charge in [0.05, 0.1) is 11.5 Å². The molecule has 0 aliphatic carbocycles. The molecule has 3 rings (SSSR count). The molecule has 2 aromatic carbocycles. The summed E-state index contributed by atoms with van der Waals surface area (Å²) in [6, 6.07) is 13.5. The van der Waals surface area contributed by atoms with Crippen LogP contribution in [0.1, 0.15) is 38.3 Å². The van der Waals surface area contributed by atoms with Gasteiger partial charge in [0, 0.05) is 43.3 Å². The van der Waals surface area contributed by atoms with E-state index in [1.54, 1.807) is 39.0 Å². The molecule has 0 aliphatic rings. The van der Waals surface area contributed by atoms with Crippen molar-refractivity contribution in [1.82, 2.24) is 5.32 Å². The molecule has 200 valence electrons. The quantitative estimate of drug-likeness (QED) is 0.233. The fraction of sp³-hybridized carbons (Fsp3) is 0.407. The van der Waals surface area contributed by atoms with E-state index >= 15 is 0 Å². The van der Waals surface area contributed by atoms with Gasteiger partial charge < -0.3 is 19.4 Å². The number of nitrogens with zero attached hydrogens (tertiary/aromatic N) is 1. The number of nitrogens with one attached hydrogen (secondary N) is 1. The second-order valence-corrected chi connectivity index (χ2v) is 11.4. The van der Waals surface area contributed by atoms with Gasteiger partial charge in [0.15, 0.2) is 0 Å². The molecule has 10 heteroatoms. The van der Waals surface area contributed by atoms with E-state index in [9.17, 15) is 18.0 Å². The monoisotopic (exact) mass is 530 g/mol. The van der Waals surface area contributed by atoms with Gasteiger partial charge >= 0.3 is 11.7 Å². The number of aryl methyl sites for hydroxylation is 1. The molecule has 0 radical (unpaired) electrons.